The van der Waals surface area contributed by atoms with E-state index < -0.39 is 18.2 Å². The van der Waals surface area contributed by atoms with Gasteiger partial charge in [0.2, 0.25) is 5.76 Å². The van der Waals surface area contributed by atoms with E-state index in [1.54, 1.807) is 0 Å². The molecule has 2 atom stereocenters. The average molecular weight is 509 g/mol. The number of aliphatic hydroxyl groups excluding tert-OH is 1. The predicted molar refractivity (Wildman–Crippen MR) is 137 cm³/mol. The monoisotopic (exact) mass is 508 g/mol. The summed E-state index contributed by atoms with van der Waals surface area (Å²) >= 11 is 0. The van der Waals surface area contributed by atoms with Crippen molar-refractivity contribution in [2.45, 2.75) is 70.9 Å². The summed E-state index contributed by atoms with van der Waals surface area (Å²) in [6.07, 6.45) is 3.40. The van der Waals surface area contributed by atoms with E-state index in [2.05, 4.69) is 6.92 Å². The van der Waals surface area contributed by atoms with Crippen molar-refractivity contribution in [1.29, 1.82) is 0 Å². The second-order valence-electron chi connectivity index (χ2n) is 9.98. The third kappa shape index (κ3) is 7.83. The van der Waals surface area contributed by atoms with E-state index in [4.69, 9.17) is 18.9 Å². The second kappa shape index (κ2) is 13.3. The van der Waals surface area contributed by atoms with E-state index in [1.807, 2.05) is 60.7 Å². The lowest BCUT2D eigenvalue weighted by molar-refractivity contribution is -0.155. The molecule has 0 spiro atoms. The summed E-state index contributed by atoms with van der Waals surface area (Å²) in [5.74, 6) is 0.251. The molecule has 1 N–H and O–H groups in total. The second-order valence-corrected chi connectivity index (χ2v) is 9.98. The summed E-state index contributed by atoms with van der Waals surface area (Å²) in [7, 11) is 0. The number of rotatable bonds is 12. The summed E-state index contributed by atoms with van der Waals surface area (Å²) in [5, 5.41) is 10.8. The molecule has 37 heavy (non-hydrogen) atoms. The Bertz CT molecular complexity index is 1040. The Balaban J connectivity index is 1.36. The number of ether oxygens (including phenoxy) is 4. The van der Waals surface area contributed by atoms with Crippen molar-refractivity contribution in [1.82, 2.24) is 0 Å². The van der Waals surface area contributed by atoms with E-state index in [9.17, 15) is 14.7 Å². The lowest BCUT2D eigenvalue weighted by Gasteiger charge is -2.25. The van der Waals surface area contributed by atoms with Gasteiger partial charge in [-0.2, -0.15) is 0 Å². The summed E-state index contributed by atoms with van der Waals surface area (Å²) in [6.45, 7) is 2.27. The summed E-state index contributed by atoms with van der Waals surface area (Å²) < 4.78 is 22.5. The van der Waals surface area contributed by atoms with E-state index >= 15 is 0 Å². The maximum absolute atomic E-state index is 12.7. The highest BCUT2D eigenvalue weighted by Gasteiger charge is 2.42. The molecule has 2 aromatic carbocycles. The van der Waals surface area contributed by atoms with Crippen LogP contribution in [0.2, 0.25) is 0 Å². The minimum Gasteiger partial charge on any atom is -0.485 e. The Labute approximate surface area is 218 Å². The van der Waals surface area contributed by atoms with Gasteiger partial charge in [0.05, 0.1) is 0 Å². The van der Waals surface area contributed by atoms with E-state index in [1.165, 1.54) is 12.8 Å². The average Bonchev–Trinajstić information content (AvgIpc) is 3.25. The van der Waals surface area contributed by atoms with Crippen molar-refractivity contribution in [3.8, 4) is 0 Å². The zero-order valence-corrected chi connectivity index (χ0v) is 21.3. The molecular formula is C30H36O7. The zero-order valence-electron chi connectivity index (χ0n) is 21.3. The number of carbonyl (C=O) groups is 2. The number of carbonyl (C=O) groups excluding carboxylic acids is 2. The molecular weight excluding hydrogens is 472 g/mol. The maximum Gasteiger partial charge on any atom is 0.378 e. The summed E-state index contributed by atoms with van der Waals surface area (Å²) in [4.78, 5) is 25.0. The lowest BCUT2D eigenvalue weighted by Crippen LogP contribution is -2.34. The minimum atomic E-state index is -1.29. The summed E-state index contributed by atoms with van der Waals surface area (Å²) in [5.41, 5.74) is 1.75. The molecule has 2 aromatic rings. The first-order valence-electron chi connectivity index (χ1n) is 13.1. The normalized spacial score (nSPS) is 22.3. The molecule has 7 heteroatoms. The van der Waals surface area contributed by atoms with Gasteiger partial charge in [0.1, 0.15) is 25.9 Å². The Hall–Kier alpha value is -3.32. The Kier molecular flexibility index (Phi) is 9.60. The highest BCUT2D eigenvalue weighted by molar-refractivity contribution is 5.89. The number of benzene rings is 2. The van der Waals surface area contributed by atoms with Gasteiger partial charge in [-0.15, -0.1) is 0 Å². The van der Waals surface area contributed by atoms with Gasteiger partial charge in [-0.1, -0.05) is 93.3 Å². The fourth-order valence-corrected chi connectivity index (χ4v) is 4.73. The number of aliphatic hydroxyl groups is 1. The quantitative estimate of drug-likeness (QED) is 0.400. The largest absolute Gasteiger partial charge is 0.485 e. The third-order valence-corrected chi connectivity index (χ3v) is 7.02. The van der Waals surface area contributed by atoms with Crippen LogP contribution in [0.4, 0.5) is 0 Å². The van der Waals surface area contributed by atoms with E-state index in [0.29, 0.717) is 12.3 Å². The van der Waals surface area contributed by atoms with Gasteiger partial charge in [0.15, 0.2) is 11.9 Å². The van der Waals surface area contributed by atoms with Crippen molar-refractivity contribution < 1.29 is 33.6 Å². The van der Waals surface area contributed by atoms with Crippen LogP contribution in [0.5, 0.6) is 0 Å². The molecule has 0 radical (unpaired) electrons. The topological polar surface area (TPSA) is 91.3 Å². The molecule has 1 heterocycles. The number of esters is 2. The number of hydrogen-bond donors (Lipinski definition) is 1. The molecule has 4 rings (SSSR count). The first kappa shape index (κ1) is 26.7. The van der Waals surface area contributed by atoms with Crippen LogP contribution in [0.1, 0.15) is 56.6 Å². The smallest absolute Gasteiger partial charge is 0.378 e. The SMILES string of the molecule is CC1CCC(CCC(=O)OC[C@H](O)[C@H]2OC(=O)C(OCc3ccccc3)=C2OCc2ccccc2)CC1. The van der Waals surface area contributed by atoms with Crippen molar-refractivity contribution in [3.05, 3.63) is 83.3 Å². The van der Waals surface area contributed by atoms with E-state index in [-0.39, 0.29) is 37.3 Å². The highest BCUT2D eigenvalue weighted by atomic mass is 16.6. The first-order chi connectivity index (χ1) is 18.0. The standard InChI is InChI=1S/C30H36O7/c1-21-12-14-22(15-13-21)16-17-26(32)34-20-25(31)27-28(35-18-23-8-4-2-5-9-23)29(30(33)37-27)36-19-24-10-6-3-7-11-24/h2-11,21-22,25,27,31H,12-20H2,1H3/t21?,22?,25-,27+/m0/s1. The highest BCUT2D eigenvalue weighted by Crippen LogP contribution is 2.32. The van der Waals surface area contributed by atoms with Crippen LogP contribution in [0.3, 0.4) is 0 Å². The fraction of sp³-hybridized carbons (Fsp3) is 0.467. The van der Waals surface area contributed by atoms with Crippen LogP contribution in [0.25, 0.3) is 0 Å². The Morgan fingerprint density at radius 1 is 0.946 bits per heavy atom. The van der Waals surface area contributed by atoms with Crippen LogP contribution >= 0.6 is 0 Å². The molecule has 0 amide bonds. The Morgan fingerprint density at radius 2 is 1.54 bits per heavy atom. The molecule has 2 aliphatic rings. The van der Waals surface area contributed by atoms with Crippen molar-refractivity contribution in [2.75, 3.05) is 6.61 Å². The Morgan fingerprint density at radius 3 is 2.16 bits per heavy atom. The molecule has 0 unspecified atom stereocenters. The van der Waals surface area contributed by atoms with Gasteiger partial charge in [-0.3, -0.25) is 4.79 Å². The number of hydrogen-bond acceptors (Lipinski definition) is 7. The van der Waals surface area contributed by atoms with Crippen LogP contribution in [-0.4, -0.2) is 35.9 Å². The van der Waals surface area contributed by atoms with Gasteiger partial charge in [0, 0.05) is 6.42 Å². The van der Waals surface area contributed by atoms with Gasteiger partial charge in [-0.05, 0) is 29.4 Å². The van der Waals surface area contributed by atoms with Crippen LogP contribution in [0.15, 0.2) is 72.2 Å². The van der Waals surface area contributed by atoms with Gasteiger partial charge < -0.3 is 24.1 Å². The fourth-order valence-electron chi connectivity index (χ4n) is 4.73. The minimum absolute atomic E-state index is 0.0818. The van der Waals surface area contributed by atoms with Gasteiger partial charge in [-0.25, -0.2) is 4.79 Å². The first-order valence-corrected chi connectivity index (χ1v) is 13.1. The van der Waals surface area contributed by atoms with Crippen molar-refractivity contribution in [2.24, 2.45) is 11.8 Å². The summed E-state index contributed by atoms with van der Waals surface area (Å²) in [6, 6.07) is 18.9. The number of cyclic esters (lactones) is 1. The molecule has 1 saturated carbocycles. The van der Waals surface area contributed by atoms with Gasteiger partial charge in [0.25, 0.3) is 0 Å². The van der Waals surface area contributed by atoms with Crippen LogP contribution in [0, 0.1) is 11.8 Å². The lowest BCUT2D eigenvalue weighted by atomic mass is 9.81. The van der Waals surface area contributed by atoms with Crippen molar-refractivity contribution >= 4 is 11.9 Å². The molecule has 1 aliphatic carbocycles. The maximum atomic E-state index is 12.7. The van der Waals surface area contributed by atoms with Crippen LogP contribution < -0.4 is 0 Å². The molecule has 1 fully saturated rings. The molecule has 198 valence electrons. The van der Waals surface area contributed by atoms with E-state index in [0.717, 1.165) is 36.3 Å². The van der Waals surface area contributed by atoms with Crippen molar-refractivity contribution in [3.63, 3.8) is 0 Å². The third-order valence-electron chi connectivity index (χ3n) is 7.02. The van der Waals surface area contributed by atoms with Crippen LogP contribution in [-0.2, 0) is 41.8 Å². The zero-order chi connectivity index (χ0) is 26.0. The van der Waals surface area contributed by atoms with Gasteiger partial charge >= 0.3 is 11.9 Å². The molecule has 1 aliphatic heterocycles. The molecule has 0 aromatic heterocycles. The molecule has 0 saturated heterocycles. The molecule has 7 nitrogen and oxygen atoms in total. The molecule has 0 bridgehead atoms. The predicted octanol–water partition coefficient (Wildman–Crippen LogP) is 5.07.